The molecule has 1 aromatic carbocycles. The first-order valence-electron chi connectivity index (χ1n) is 9.59. The number of methoxy groups -OCH3 is 1. The van der Waals surface area contributed by atoms with E-state index in [1.807, 2.05) is 35.6 Å². The summed E-state index contributed by atoms with van der Waals surface area (Å²) in [6.07, 6.45) is 3.04. The maximum atomic E-state index is 14.3. The third-order valence-corrected chi connectivity index (χ3v) is 5.16. The van der Waals surface area contributed by atoms with E-state index in [1.54, 1.807) is 25.6 Å². The predicted molar refractivity (Wildman–Crippen MR) is 111 cm³/mol. The zero-order valence-electron chi connectivity index (χ0n) is 16.8. The molecule has 7 heteroatoms. The molecular weight excluding hydrogens is 381 g/mol. The molecule has 0 radical (unpaired) electrons. The number of nitriles is 1. The second kappa shape index (κ2) is 8.29. The zero-order chi connectivity index (χ0) is 21.1. The molecule has 0 spiro atoms. The van der Waals surface area contributed by atoms with Crippen molar-refractivity contribution in [3.05, 3.63) is 77.3 Å². The lowest BCUT2D eigenvalue weighted by molar-refractivity contribution is 0.404. The van der Waals surface area contributed by atoms with Gasteiger partial charge in [-0.05, 0) is 50.1 Å². The maximum Gasteiger partial charge on any atom is 0.168 e. The summed E-state index contributed by atoms with van der Waals surface area (Å²) in [5.74, 6) is 0.274. The maximum absolute atomic E-state index is 14.3. The van der Waals surface area contributed by atoms with Gasteiger partial charge in [0.2, 0.25) is 0 Å². The summed E-state index contributed by atoms with van der Waals surface area (Å²) in [6, 6.07) is 14.8. The van der Waals surface area contributed by atoms with Crippen LogP contribution in [0.4, 0.5) is 4.39 Å². The molecule has 0 bridgehead atoms. The second-order valence-electron chi connectivity index (χ2n) is 6.95. The molecule has 3 heterocycles. The van der Waals surface area contributed by atoms with E-state index in [0.29, 0.717) is 29.8 Å². The lowest BCUT2D eigenvalue weighted by Gasteiger charge is -2.12. The van der Waals surface area contributed by atoms with Crippen LogP contribution in [-0.2, 0) is 19.3 Å². The Morgan fingerprint density at radius 2 is 1.93 bits per heavy atom. The molecule has 0 fully saturated rings. The number of nitrogens with zero attached hydrogens (tertiary/aromatic N) is 5. The fraction of sp³-hybridized carbons (Fsp3) is 0.217. The molecule has 0 saturated carbocycles. The number of halogens is 1. The van der Waals surface area contributed by atoms with Gasteiger partial charge in [0.05, 0.1) is 25.3 Å². The van der Waals surface area contributed by atoms with Gasteiger partial charge in [0, 0.05) is 28.1 Å². The first kappa shape index (κ1) is 19.5. The molecule has 0 aliphatic carbocycles. The van der Waals surface area contributed by atoms with E-state index in [9.17, 15) is 4.39 Å². The van der Waals surface area contributed by atoms with E-state index < -0.39 is 0 Å². The molecule has 0 saturated heterocycles. The highest BCUT2D eigenvalue weighted by Gasteiger charge is 2.15. The van der Waals surface area contributed by atoms with Crippen LogP contribution < -0.4 is 4.74 Å². The van der Waals surface area contributed by atoms with Crippen LogP contribution in [0, 0.1) is 24.1 Å². The minimum absolute atomic E-state index is 0.273. The SMILES string of the molecule is COc1cccc(F)c1CCc1ccc(-c2ccc(CC#N)nc2C)c2nncn12. The van der Waals surface area contributed by atoms with Gasteiger partial charge in [0.15, 0.2) is 5.65 Å². The van der Waals surface area contributed by atoms with Crippen molar-refractivity contribution < 1.29 is 9.13 Å². The van der Waals surface area contributed by atoms with Crippen LogP contribution in [0.1, 0.15) is 22.6 Å². The van der Waals surface area contributed by atoms with Gasteiger partial charge in [-0.1, -0.05) is 12.1 Å². The lowest BCUT2D eigenvalue weighted by atomic mass is 10.0. The number of benzene rings is 1. The van der Waals surface area contributed by atoms with Crippen LogP contribution >= 0.6 is 0 Å². The number of pyridine rings is 2. The van der Waals surface area contributed by atoms with Crippen LogP contribution in [0.2, 0.25) is 0 Å². The number of aryl methyl sites for hydroxylation is 2. The molecule has 30 heavy (non-hydrogen) atoms. The number of rotatable bonds is 6. The summed E-state index contributed by atoms with van der Waals surface area (Å²) in [4.78, 5) is 4.52. The highest BCUT2D eigenvalue weighted by molar-refractivity contribution is 5.78. The molecule has 0 unspecified atom stereocenters. The molecule has 150 valence electrons. The molecular formula is C23H20FN5O. The summed E-state index contributed by atoms with van der Waals surface area (Å²) in [5, 5.41) is 17.3. The number of hydrogen-bond donors (Lipinski definition) is 0. The summed E-state index contributed by atoms with van der Waals surface area (Å²) in [5.41, 5.74) is 5.66. The van der Waals surface area contributed by atoms with Gasteiger partial charge >= 0.3 is 0 Å². The zero-order valence-corrected chi connectivity index (χ0v) is 16.8. The third kappa shape index (κ3) is 3.60. The summed E-state index contributed by atoms with van der Waals surface area (Å²) >= 11 is 0. The van der Waals surface area contributed by atoms with Crippen molar-refractivity contribution in [2.24, 2.45) is 0 Å². The van der Waals surface area contributed by atoms with Crippen LogP contribution in [0.25, 0.3) is 16.8 Å². The molecule has 4 rings (SSSR count). The van der Waals surface area contributed by atoms with E-state index in [0.717, 1.165) is 28.2 Å². The van der Waals surface area contributed by atoms with Crippen LogP contribution in [0.5, 0.6) is 5.75 Å². The lowest BCUT2D eigenvalue weighted by Crippen LogP contribution is -2.03. The average molecular weight is 401 g/mol. The molecule has 0 aliphatic rings. The number of hydrogen-bond acceptors (Lipinski definition) is 5. The second-order valence-corrected chi connectivity index (χ2v) is 6.95. The highest BCUT2D eigenvalue weighted by atomic mass is 19.1. The van der Waals surface area contributed by atoms with E-state index >= 15 is 0 Å². The van der Waals surface area contributed by atoms with E-state index in [1.165, 1.54) is 6.07 Å². The van der Waals surface area contributed by atoms with Crippen LogP contribution in [0.15, 0.2) is 48.8 Å². The fourth-order valence-electron chi connectivity index (χ4n) is 3.68. The van der Waals surface area contributed by atoms with Crippen molar-refractivity contribution >= 4 is 5.65 Å². The van der Waals surface area contributed by atoms with Crippen molar-refractivity contribution in [1.29, 1.82) is 5.26 Å². The van der Waals surface area contributed by atoms with Crippen molar-refractivity contribution in [3.8, 4) is 22.9 Å². The first-order valence-corrected chi connectivity index (χ1v) is 9.59. The molecule has 4 aromatic rings. The largest absolute Gasteiger partial charge is 0.496 e. The number of fused-ring (bicyclic) bond motifs is 1. The Labute approximate surface area is 173 Å². The normalized spacial score (nSPS) is 10.9. The summed E-state index contributed by atoms with van der Waals surface area (Å²) in [7, 11) is 1.54. The summed E-state index contributed by atoms with van der Waals surface area (Å²) < 4.78 is 21.5. The van der Waals surface area contributed by atoms with Crippen molar-refractivity contribution in [2.45, 2.75) is 26.2 Å². The quantitative estimate of drug-likeness (QED) is 0.486. The Balaban J connectivity index is 1.68. The Morgan fingerprint density at radius 1 is 1.10 bits per heavy atom. The molecule has 0 atom stereocenters. The van der Waals surface area contributed by atoms with E-state index in [4.69, 9.17) is 10.00 Å². The van der Waals surface area contributed by atoms with Crippen LogP contribution in [0.3, 0.4) is 0 Å². The Morgan fingerprint density at radius 3 is 2.70 bits per heavy atom. The van der Waals surface area contributed by atoms with E-state index in [-0.39, 0.29) is 12.2 Å². The molecule has 0 amide bonds. The topological polar surface area (TPSA) is 76.1 Å². The fourth-order valence-corrected chi connectivity index (χ4v) is 3.68. The van der Waals surface area contributed by atoms with Crippen molar-refractivity contribution in [2.75, 3.05) is 7.11 Å². The Kier molecular flexibility index (Phi) is 5.40. The molecule has 0 N–H and O–H groups in total. The molecule has 6 nitrogen and oxygen atoms in total. The van der Waals surface area contributed by atoms with Gasteiger partial charge in [0.1, 0.15) is 17.9 Å². The number of aromatic nitrogens is 4. The standard InChI is InChI=1S/C23H20FN5O/c1-15-18(9-6-16(27-15)12-13-25)19-10-7-17(29-14-26-28-23(19)29)8-11-20-21(24)4-3-5-22(20)30-2/h3-7,9-10,14H,8,11-12H2,1-2H3. The predicted octanol–water partition coefficient (Wildman–Crippen LogP) is 4.10. The first-order chi connectivity index (χ1) is 14.6. The third-order valence-electron chi connectivity index (χ3n) is 5.16. The van der Waals surface area contributed by atoms with Gasteiger partial charge in [-0.25, -0.2) is 4.39 Å². The number of ether oxygens (including phenoxy) is 1. The molecule has 0 aliphatic heterocycles. The van der Waals surface area contributed by atoms with Gasteiger partial charge in [-0.2, -0.15) is 5.26 Å². The Bertz CT molecular complexity index is 1260. The van der Waals surface area contributed by atoms with E-state index in [2.05, 4.69) is 21.3 Å². The average Bonchev–Trinajstić information content (AvgIpc) is 3.23. The van der Waals surface area contributed by atoms with Gasteiger partial charge < -0.3 is 4.74 Å². The summed E-state index contributed by atoms with van der Waals surface area (Å²) in [6.45, 7) is 1.92. The van der Waals surface area contributed by atoms with Gasteiger partial charge in [-0.15, -0.1) is 10.2 Å². The van der Waals surface area contributed by atoms with Crippen molar-refractivity contribution in [3.63, 3.8) is 0 Å². The smallest absolute Gasteiger partial charge is 0.168 e. The minimum Gasteiger partial charge on any atom is -0.496 e. The molecule has 3 aromatic heterocycles. The van der Waals surface area contributed by atoms with Crippen molar-refractivity contribution in [1.82, 2.24) is 19.6 Å². The van der Waals surface area contributed by atoms with Crippen LogP contribution in [-0.4, -0.2) is 26.7 Å². The minimum atomic E-state index is -0.273. The monoisotopic (exact) mass is 401 g/mol. The highest BCUT2D eigenvalue weighted by Crippen LogP contribution is 2.28. The van der Waals surface area contributed by atoms with Gasteiger partial charge in [-0.3, -0.25) is 9.38 Å². The van der Waals surface area contributed by atoms with Gasteiger partial charge in [0.25, 0.3) is 0 Å². The Hall–Kier alpha value is -3.79.